The molecule has 1 saturated carbocycles. The maximum atomic E-state index is 14.5. The fourth-order valence-corrected chi connectivity index (χ4v) is 4.92. The van der Waals surface area contributed by atoms with E-state index in [4.69, 9.17) is 23.2 Å². The second kappa shape index (κ2) is 7.80. The molecule has 1 aromatic heterocycles. The second-order valence-corrected chi connectivity index (χ2v) is 10.6. The summed E-state index contributed by atoms with van der Waals surface area (Å²) in [6.07, 6.45) is -2.50. The van der Waals surface area contributed by atoms with Gasteiger partial charge in [-0.2, -0.15) is 10.4 Å². The van der Waals surface area contributed by atoms with E-state index >= 15 is 0 Å². The summed E-state index contributed by atoms with van der Waals surface area (Å²) in [4.78, 5) is 22.1. The number of amides is 1. The zero-order valence-electron chi connectivity index (χ0n) is 17.9. The molecule has 1 heterocycles. The average Bonchev–Trinajstić information content (AvgIpc) is 3.13. The van der Waals surface area contributed by atoms with Crippen molar-refractivity contribution in [1.29, 1.82) is 5.26 Å². The number of esters is 1. The van der Waals surface area contributed by atoms with Crippen LogP contribution in [0.5, 0.6) is 0 Å². The highest BCUT2D eigenvalue weighted by Crippen LogP contribution is 3.02. The second-order valence-electron chi connectivity index (χ2n) is 7.42. The molecule has 18 heteroatoms. The van der Waals surface area contributed by atoms with Gasteiger partial charge in [-0.25, -0.2) is 18.3 Å². The molecule has 1 aliphatic carbocycles. The van der Waals surface area contributed by atoms with E-state index in [0.717, 1.165) is 7.11 Å². The van der Waals surface area contributed by atoms with Gasteiger partial charge in [0.1, 0.15) is 22.5 Å². The van der Waals surface area contributed by atoms with Crippen LogP contribution in [0.3, 0.4) is 0 Å². The van der Waals surface area contributed by atoms with Crippen molar-refractivity contribution >= 4 is 51.3 Å². The normalized spacial score (nSPS) is 20.5. The number of aromatic nitrogens is 2. The predicted octanol–water partition coefficient (Wildman–Crippen LogP) is 6.73. The zero-order valence-corrected chi connectivity index (χ0v) is 20.2. The molecule has 0 bridgehead atoms. The van der Waals surface area contributed by atoms with Gasteiger partial charge in [-0.05, 0) is 19.1 Å². The van der Waals surface area contributed by atoms with Crippen LogP contribution in [-0.4, -0.2) is 41.5 Å². The van der Waals surface area contributed by atoms with Gasteiger partial charge in [0.15, 0.2) is 11.1 Å². The van der Waals surface area contributed by atoms with Gasteiger partial charge < -0.3 is 9.47 Å². The van der Waals surface area contributed by atoms with Crippen LogP contribution in [-0.2, 0) is 19.7 Å². The SMILES string of the molecule is CCOC(=O)Nc1c(C2(C(=O)OC)CC2(F)F)c(C#N)nn1-c1c(Cl)cc(S(F)(F)(F)(F)F)cc1Cl. The molecular weight excluding hydrogens is 572 g/mol. The molecule has 1 atom stereocenters. The molecule has 0 radical (unpaired) electrons. The van der Waals surface area contributed by atoms with Gasteiger partial charge in [0.25, 0.3) is 5.92 Å². The molecule has 8 nitrogen and oxygen atoms in total. The summed E-state index contributed by atoms with van der Waals surface area (Å²) < 4.78 is 105. The monoisotopic (exact) mass is 584 g/mol. The van der Waals surface area contributed by atoms with Crippen molar-refractivity contribution in [3.63, 3.8) is 0 Å². The number of hydrogen-bond donors (Lipinski definition) is 1. The maximum absolute atomic E-state index is 14.5. The Balaban J connectivity index is 2.39. The zero-order chi connectivity index (χ0) is 27.5. The average molecular weight is 585 g/mol. The Morgan fingerprint density at radius 1 is 1.22 bits per heavy atom. The van der Waals surface area contributed by atoms with Gasteiger partial charge in [0.2, 0.25) is 0 Å². The first kappa shape index (κ1) is 27.7. The number of nitriles is 1. The molecule has 36 heavy (non-hydrogen) atoms. The molecular formula is C18H13Cl2F7N4O4S. The van der Waals surface area contributed by atoms with Crippen LogP contribution in [0.1, 0.15) is 24.6 Å². The van der Waals surface area contributed by atoms with Crippen LogP contribution in [0.25, 0.3) is 5.69 Å². The molecule has 1 amide bonds. The number of alkyl halides is 2. The summed E-state index contributed by atoms with van der Waals surface area (Å²) in [7, 11) is -9.49. The lowest BCUT2D eigenvalue weighted by Crippen LogP contribution is -2.31. The van der Waals surface area contributed by atoms with E-state index in [2.05, 4.69) is 14.6 Å². The molecule has 0 aliphatic heterocycles. The quantitative estimate of drug-likeness (QED) is 0.298. The molecule has 0 spiro atoms. The van der Waals surface area contributed by atoms with Crippen molar-refractivity contribution in [3.8, 4) is 11.8 Å². The highest BCUT2D eigenvalue weighted by Gasteiger charge is 2.80. The van der Waals surface area contributed by atoms with Crippen molar-refractivity contribution < 1.29 is 47.3 Å². The third-order valence-electron chi connectivity index (χ3n) is 5.08. The van der Waals surface area contributed by atoms with Crippen LogP contribution in [0.4, 0.5) is 38.8 Å². The number of anilines is 1. The molecule has 1 aromatic carbocycles. The third-order valence-corrected chi connectivity index (χ3v) is 6.78. The largest absolute Gasteiger partial charge is 0.468 e. The Kier molecular flexibility index (Phi) is 6.00. The number of benzene rings is 1. The van der Waals surface area contributed by atoms with E-state index in [0.29, 0.717) is 4.68 Å². The Hall–Kier alpha value is -2.90. The lowest BCUT2D eigenvalue weighted by Gasteiger charge is -2.40. The number of hydrogen-bond acceptors (Lipinski definition) is 6. The van der Waals surface area contributed by atoms with Gasteiger partial charge in [0.05, 0.1) is 29.3 Å². The van der Waals surface area contributed by atoms with Crippen molar-refractivity contribution in [2.24, 2.45) is 0 Å². The Morgan fingerprint density at radius 2 is 1.75 bits per heavy atom. The summed E-state index contributed by atoms with van der Waals surface area (Å²) >= 11 is 11.6. The molecule has 1 aliphatic rings. The summed E-state index contributed by atoms with van der Waals surface area (Å²) in [5.41, 5.74) is -5.41. The van der Waals surface area contributed by atoms with Gasteiger partial charge in [-0.1, -0.05) is 42.6 Å². The lowest BCUT2D eigenvalue weighted by molar-refractivity contribution is -0.146. The van der Waals surface area contributed by atoms with Gasteiger partial charge in [0, 0.05) is 6.42 Å². The number of methoxy groups -OCH3 is 1. The Labute approximate surface area is 207 Å². The number of halogens is 9. The van der Waals surface area contributed by atoms with Crippen LogP contribution < -0.4 is 5.32 Å². The topological polar surface area (TPSA) is 106 Å². The smallest absolute Gasteiger partial charge is 0.412 e. The van der Waals surface area contributed by atoms with E-state index in [-0.39, 0.29) is 18.7 Å². The first-order valence-corrected chi connectivity index (χ1v) is 12.1. The highest BCUT2D eigenvalue weighted by molar-refractivity contribution is 8.45. The van der Waals surface area contributed by atoms with Gasteiger partial charge in [-0.3, -0.25) is 10.1 Å². The standard InChI is InChI=1S/C18H13Cl2F7N4O4S/c1-3-35-16(33)29-14-12(17(15(32)34-2)7-18(17,21)22)11(6-28)30-31(14)13-9(19)4-8(5-10(13)20)36(23,24,25,26)27/h4-5H,3,7H2,1-2H3,(H,29,33). The summed E-state index contributed by atoms with van der Waals surface area (Å²) in [5.74, 6) is -6.19. The third kappa shape index (κ3) is 4.50. The number of rotatable bonds is 6. The van der Waals surface area contributed by atoms with Crippen molar-refractivity contribution in [3.05, 3.63) is 33.4 Å². The fourth-order valence-electron chi connectivity index (χ4n) is 3.47. The van der Waals surface area contributed by atoms with E-state index in [1.54, 1.807) is 0 Å². The predicted molar refractivity (Wildman–Crippen MR) is 114 cm³/mol. The minimum atomic E-state index is -10.3. The molecule has 1 fully saturated rings. The number of carbonyl (C=O) groups is 2. The van der Waals surface area contributed by atoms with E-state index in [1.807, 2.05) is 5.32 Å². The van der Waals surface area contributed by atoms with Gasteiger partial charge in [-0.15, -0.1) is 0 Å². The molecule has 0 saturated heterocycles. The number of ether oxygens (including phenoxy) is 2. The minimum absolute atomic E-state index is 0.187. The Morgan fingerprint density at radius 3 is 2.14 bits per heavy atom. The lowest BCUT2D eigenvalue weighted by atomic mass is 9.94. The minimum Gasteiger partial charge on any atom is -0.468 e. The Bertz CT molecular complexity index is 1320. The molecule has 198 valence electrons. The first-order valence-electron chi connectivity index (χ1n) is 9.41. The molecule has 1 unspecified atom stereocenters. The first-order chi connectivity index (χ1) is 16.2. The fraction of sp³-hybridized carbons (Fsp3) is 0.333. The molecule has 2 aromatic rings. The number of nitrogens with zero attached hydrogens (tertiary/aromatic N) is 3. The van der Waals surface area contributed by atoms with Crippen molar-refractivity contribution in [1.82, 2.24) is 9.78 Å². The van der Waals surface area contributed by atoms with E-state index in [1.165, 1.54) is 13.0 Å². The number of nitrogens with one attached hydrogen (secondary N) is 1. The summed E-state index contributed by atoms with van der Waals surface area (Å²) in [6.45, 7) is 1.13. The van der Waals surface area contributed by atoms with E-state index < -0.39 is 77.7 Å². The van der Waals surface area contributed by atoms with Crippen molar-refractivity contribution in [2.45, 2.75) is 29.6 Å². The van der Waals surface area contributed by atoms with Crippen molar-refractivity contribution in [2.75, 3.05) is 19.0 Å². The molecule has 1 N–H and O–H groups in total. The number of carbonyl (C=O) groups excluding carboxylic acids is 2. The van der Waals surface area contributed by atoms with Crippen LogP contribution in [0.2, 0.25) is 10.0 Å². The molecule has 3 rings (SSSR count). The highest BCUT2D eigenvalue weighted by atomic mass is 35.5. The van der Waals surface area contributed by atoms with Crippen LogP contribution in [0, 0.1) is 11.3 Å². The van der Waals surface area contributed by atoms with Gasteiger partial charge >= 0.3 is 22.3 Å². The van der Waals surface area contributed by atoms with Crippen LogP contribution >= 0.6 is 33.4 Å². The van der Waals surface area contributed by atoms with Crippen LogP contribution in [0.15, 0.2) is 17.0 Å². The summed E-state index contributed by atoms with van der Waals surface area (Å²) in [5, 5.41) is 13.0. The van der Waals surface area contributed by atoms with E-state index in [9.17, 15) is 43.1 Å². The summed E-state index contributed by atoms with van der Waals surface area (Å²) in [6, 6.07) is 1.06. The maximum Gasteiger partial charge on any atom is 0.412 e.